The monoisotopic (exact) mass is 305 g/mol. The quantitative estimate of drug-likeness (QED) is 0.531. The third-order valence-corrected chi connectivity index (χ3v) is 4.58. The van der Waals surface area contributed by atoms with E-state index < -0.39 is 0 Å². The molecule has 0 spiro atoms. The molecule has 0 radical (unpaired) electrons. The van der Waals surface area contributed by atoms with Gasteiger partial charge in [0.25, 0.3) is 0 Å². The molecule has 0 bridgehead atoms. The Kier molecular flexibility index (Phi) is 4.20. The summed E-state index contributed by atoms with van der Waals surface area (Å²) in [6.45, 7) is 9.52. The van der Waals surface area contributed by atoms with E-state index in [-0.39, 0.29) is 0 Å². The van der Waals surface area contributed by atoms with E-state index in [2.05, 4.69) is 79.2 Å². The lowest BCUT2D eigenvalue weighted by Gasteiger charge is -2.07. The van der Waals surface area contributed by atoms with Crippen molar-refractivity contribution in [2.24, 2.45) is 5.10 Å². The van der Waals surface area contributed by atoms with Crippen LogP contribution < -0.4 is 5.43 Å². The summed E-state index contributed by atoms with van der Waals surface area (Å²) >= 11 is 0. The minimum Gasteiger partial charge on any atom is -0.344 e. The van der Waals surface area contributed by atoms with Crippen molar-refractivity contribution in [1.82, 2.24) is 4.57 Å². The summed E-state index contributed by atoms with van der Waals surface area (Å²) < 4.78 is 2.33. The first-order chi connectivity index (χ1) is 11.1. The van der Waals surface area contributed by atoms with E-state index in [1.807, 2.05) is 12.3 Å². The van der Waals surface area contributed by atoms with Crippen molar-refractivity contribution in [3.05, 3.63) is 64.8 Å². The molecule has 0 atom stereocenters. The maximum absolute atomic E-state index is 4.48. The van der Waals surface area contributed by atoms with Crippen LogP contribution in [0.15, 0.2) is 47.6 Å². The number of aryl methyl sites for hydroxylation is 2. The van der Waals surface area contributed by atoms with Crippen molar-refractivity contribution < 1.29 is 0 Å². The van der Waals surface area contributed by atoms with Gasteiger partial charge in [-0.15, -0.1) is 0 Å². The maximum atomic E-state index is 4.48. The highest BCUT2D eigenvalue weighted by Gasteiger charge is 2.10. The summed E-state index contributed by atoms with van der Waals surface area (Å²) in [5, 5.41) is 5.73. The number of hydrazone groups is 1. The normalized spacial score (nSPS) is 11.5. The Labute approximate surface area is 137 Å². The zero-order chi connectivity index (χ0) is 16.4. The number of nitrogens with zero attached hydrogens (tertiary/aromatic N) is 2. The molecule has 0 unspecified atom stereocenters. The van der Waals surface area contributed by atoms with Gasteiger partial charge in [0.15, 0.2) is 0 Å². The second kappa shape index (κ2) is 6.29. The van der Waals surface area contributed by atoms with E-state index in [1.165, 1.54) is 33.3 Å². The molecule has 1 N–H and O–H groups in total. The van der Waals surface area contributed by atoms with Crippen LogP contribution >= 0.6 is 0 Å². The molecule has 0 saturated heterocycles. The van der Waals surface area contributed by atoms with Gasteiger partial charge in [0.05, 0.1) is 11.9 Å². The highest BCUT2D eigenvalue weighted by Crippen LogP contribution is 2.24. The smallest absolute Gasteiger partial charge is 0.0593 e. The fourth-order valence-electron chi connectivity index (χ4n) is 3.07. The zero-order valence-corrected chi connectivity index (χ0v) is 14.2. The van der Waals surface area contributed by atoms with Crippen LogP contribution in [-0.4, -0.2) is 10.8 Å². The topological polar surface area (TPSA) is 29.3 Å². The van der Waals surface area contributed by atoms with E-state index >= 15 is 0 Å². The Balaban J connectivity index is 1.95. The van der Waals surface area contributed by atoms with Crippen LogP contribution in [0.2, 0.25) is 0 Å². The molecule has 1 heterocycles. The first-order valence-electron chi connectivity index (χ1n) is 8.06. The Morgan fingerprint density at radius 2 is 1.83 bits per heavy atom. The second-order valence-corrected chi connectivity index (χ2v) is 5.88. The minimum absolute atomic E-state index is 0.963. The molecule has 3 nitrogen and oxygen atoms in total. The van der Waals surface area contributed by atoms with Crippen LogP contribution in [0.4, 0.5) is 5.69 Å². The van der Waals surface area contributed by atoms with Gasteiger partial charge in [-0.2, -0.15) is 5.10 Å². The summed E-state index contributed by atoms with van der Waals surface area (Å²) in [5.74, 6) is 0. The summed E-state index contributed by atoms with van der Waals surface area (Å²) in [7, 11) is 0. The van der Waals surface area contributed by atoms with Crippen LogP contribution in [-0.2, 0) is 6.54 Å². The lowest BCUT2D eigenvalue weighted by molar-refractivity contribution is 0.769. The number of hydrogen-bond donors (Lipinski definition) is 1. The molecule has 0 fully saturated rings. The Hall–Kier alpha value is -2.55. The van der Waals surface area contributed by atoms with Crippen molar-refractivity contribution in [1.29, 1.82) is 0 Å². The number of aromatic nitrogens is 1. The van der Waals surface area contributed by atoms with E-state index in [0.29, 0.717) is 0 Å². The van der Waals surface area contributed by atoms with Gasteiger partial charge in [-0.3, -0.25) is 5.43 Å². The predicted molar refractivity (Wildman–Crippen MR) is 99.5 cm³/mol. The lowest BCUT2D eigenvalue weighted by atomic mass is 10.1. The van der Waals surface area contributed by atoms with Gasteiger partial charge >= 0.3 is 0 Å². The molecule has 0 aliphatic carbocycles. The fourth-order valence-corrected chi connectivity index (χ4v) is 3.07. The van der Waals surface area contributed by atoms with Gasteiger partial charge < -0.3 is 4.57 Å². The molecule has 3 heteroatoms. The van der Waals surface area contributed by atoms with Crippen LogP contribution in [0.1, 0.15) is 29.3 Å². The van der Waals surface area contributed by atoms with Crippen LogP contribution in [0.25, 0.3) is 10.9 Å². The van der Waals surface area contributed by atoms with E-state index in [9.17, 15) is 0 Å². The van der Waals surface area contributed by atoms with E-state index in [1.54, 1.807) is 0 Å². The van der Waals surface area contributed by atoms with Gasteiger partial charge in [-0.1, -0.05) is 30.3 Å². The standard InChI is InChI=1S/C20H23N3/c1-5-23-16(4)18(17-10-6-7-12-20(17)23)13-21-22-19-11-8-9-14(2)15(19)3/h6-13,22H,5H2,1-4H3/b21-13+. The number of rotatable bonds is 4. The average molecular weight is 305 g/mol. The highest BCUT2D eigenvalue weighted by atomic mass is 15.3. The zero-order valence-electron chi connectivity index (χ0n) is 14.2. The van der Waals surface area contributed by atoms with Crippen molar-refractivity contribution in [2.45, 2.75) is 34.2 Å². The number of para-hydroxylation sites is 1. The number of anilines is 1. The molecule has 1 aromatic heterocycles. The minimum atomic E-state index is 0.963. The first-order valence-corrected chi connectivity index (χ1v) is 8.06. The molecule has 2 aromatic carbocycles. The lowest BCUT2D eigenvalue weighted by Crippen LogP contribution is -1.98. The number of fused-ring (bicyclic) bond motifs is 1. The second-order valence-electron chi connectivity index (χ2n) is 5.88. The fraction of sp³-hybridized carbons (Fsp3) is 0.250. The predicted octanol–water partition coefficient (Wildman–Crippen LogP) is 5.03. The van der Waals surface area contributed by atoms with Crippen molar-refractivity contribution in [2.75, 3.05) is 5.43 Å². The molecule has 3 rings (SSSR count). The number of benzene rings is 2. The summed E-state index contributed by atoms with van der Waals surface area (Å²) in [6.07, 6.45) is 1.94. The Bertz CT molecular complexity index is 872. The van der Waals surface area contributed by atoms with Crippen molar-refractivity contribution in [3.63, 3.8) is 0 Å². The average Bonchev–Trinajstić information content (AvgIpc) is 2.83. The first kappa shape index (κ1) is 15.3. The number of hydrogen-bond acceptors (Lipinski definition) is 2. The number of nitrogens with one attached hydrogen (secondary N) is 1. The van der Waals surface area contributed by atoms with Crippen LogP contribution in [0.3, 0.4) is 0 Å². The molecular weight excluding hydrogens is 282 g/mol. The summed E-state index contributed by atoms with van der Waals surface area (Å²) in [4.78, 5) is 0. The van der Waals surface area contributed by atoms with Crippen molar-refractivity contribution >= 4 is 22.8 Å². The van der Waals surface area contributed by atoms with Gasteiger partial charge in [0.2, 0.25) is 0 Å². The maximum Gasteiger partial charge on any atom is 0.0593 e. The summed E-state index contributed by atoms with van der Waals surface area (Å²) in [5.41, 5.74) is 10.4. The van der Waals surface area contributed by atoms with Gasteiger partial charge in [-0.05, 0) is 51.0 Å². The van der Waals surface area contributed by atoms with E-state index in [4.69, 9.17) is 0 Å². The third kappa shape index (κ3) is 2.74. The highest BCUT2D eigenvalue weighted by molar-refractivity contribution is 6.01. The van der Waals surface area contributed by atoms with Gasteiger partial charge in [-0.25, -0.2) is 0 Å². The Morgan fingerprint density at radius 1 is 1.04 bits per heavy atom. The molecule has 0 aliphatic heterocycles. The third-order valence-electron chi connectivity index (χ3n) is 4.58. The molecule has 0 amide bonds. The van der Waals surface area contributed by atoms with Crippen LogP contribution in [0, 0.1) is 20.8 Å². The van der Waals surface area contributed by atoms with Gasteiger partial charge in [0, 0.05) is 28.7 Å². The van der Waals surface area contributed by atoms with E-state index in [0.717, 1.165) is 12.2 Å². The molecule has 3 aromatic rings. The van der Waals surface area contributed by atoms with Crippen LogP contribution in [0.5, 0.6) is 0 Å². The largest absolute Gasteiger partial charge is 0.344 e. The molecular formula is C20H23N3. The molecule has 0 aliphatic rings. The molecule has 0 saturated carbocycles. The molecule has 23 heavy (non-hydrogen) atoms. The molecule has 118 valence electrons. The van der Waals surface area contributed by atoms with Gasteiger partial charge in [0.1, 0.15) is 0 Å². The Morgan fingerprint density at radius 3 is 2.61 bits per heavy atom. The SMILES string of the molecule is CCn1c(C)c(/C=N/Nc2cccc(C)c2C)c2ccccc21. The van der Waals surface area contributed by atoms with Crippen molar-refractivity contribution in [3.8, 4) is 0 Å². The summed E-state index contributed by atoms with van der Waals surface area (Å²) in [6, 6.07) is 14.7.